The van der Waals surface area contributed by atoms with E-state index in [0.29, 0.717) is 0 Å². The van der Waals surface area contributed by atoms with Crippen molar-refractivity contribution in [2.45, 2.75) is 0 Å². The number of hydrogen-bond donors (Lipinski definition) is 2. The Kier molecular flexibility index (Phi) is 2.02. The Morgan fingerprint density at radius 1 is 1.07 bits per heavy atom. The van der Waals surface area contributed by atoms with Gasteiger partial charge in [-0.3, -0.25) is 0 Å². The summed E-state index contributed by atoms with van der Waals surface area (Å²) in [5.41, 5.74) is 7.10. The number of rotatable bonds is 1. The third kappa shape index (κ3) is 1.64. The second kappa shape index (κ2) is 3.33. The fourth-order valence-electron chi connectivity index (χ4n) is 1.17. The second-order valence-corrected chi connectivity index (χ2v) is 2.85. The van der Waals surface area contributed by atoms with Gasteiger partial charge in [-0.15, -0.1) is 0 Å². The minimum atomic E-state index is 0.232. The fourth-order valence-corrected chi connectivity index (χ4v) is 1.17. The minimum absolute atomic E-state index is 0.232. The van der Waals surface area contributed by atoms with Crippen LogP contribution in [-0.2, 0) is 0 Å². The molecule has 0 aliphatic rings. The van der Waals surface area contributed by atoms with Gasteiger partial charge in [0, 0.05) is 11.8 Å². The maximum atomic E-state index is 9.10. The Balaban J connectivity index is 2.44. The standard InChI is InChI=1S/C10H9N3O/c11-10-12-6-5-9(13-10)7-1-3-8(14)4-2-7/h1-6,14H,(H2,11,12,13). The van der Waals surface area contributed by atoms with Gasteiger partial charge in [0.1, 0.15) is 5.75 Å². The Bertz CT molecular complexity index is 439. The van der Waals surface area contributed by atoms with Crippen LogP contribution in [-0.4, -0.2) is 15.1 Å². The van der Waals surface area contributed by atoms with E-state index < -0.39 is 0 Å². The molecule has 0 fully saturated rings. The van der Waals surface area contributed by atoms with Gasteiger partial charge < -0.3 is 10.8 Å². The van der Waals surface area contributed by atoms with Crippen molar-refractivity contribution in [2.24, 2.45) is 0 Å². The monoisotopic (exact) mass is 187 g/mol. The van der Waals surface area contributed by atoms with Crippen molar-refractivity contribution in [3.8, 4) is 17.0 Å². The number of phenols is 1. The topological polar surface area (TPSA) is 72.0 Å². The number of nitrogens with two attached hydrogens (primary N) is 1. The first kappa shape index (κ1) is 8.50. The number of phenolic OH excluding ortho intramolecular Hbond substituents is 1. The maximum Gasteiger partial charge on any atom is 0.220 e. The van der Waals surface area contributed by atoms with Gasteiger partial charge in [-0.25, -0.2) is 9.97 Å². The molecule has 0 spiro atoms. The molecule has 70 valence electrons. The van der Waals surface area contributed by atoms with Crippen molar-refractivity contribution in [3.05, 3.63) is 36.5 Å². The zero-order chi connectivity index (χ0) is 9.97. The van der Waals surface area contributed by atoms with Crippen LogP contribution in [0.2, 0.25) is 0 Å². The predicted molar refractivity (Wildman–Crippen MR) is 53.5 cm³/mol. The summed E-state index contributed by atoms with van der Waals surface area (Å²) in [7, 11) is 0. The molecular formula is C10H9N3O. The molecule has 2 aromatic rings. The van der Waals surface area contributed by atoms with Gasteiger partial charge in [0.15, 0.2) is 0 Å². The molecule has 4 heteroatoms. The van der Waals surface area contributed by atoms with E-state index in [1.807, 2.05) is 0 Å². The van der Waals surface area contributed by atoms with Crippen molar-refractivity contribution >= 4 is 5.95 Å². The number of hydrogen-bond acceptors (Lipinski definition) is 4. The van der Waals surface area contributed by atoms with Gasteiger partial charge in [-0.2, -0.15) is 0 Å². The predicted octanol–water partition coefficient (Wildman–Crippen LogP) is 1.43. The highest BCUT2D eigenvalue weighted by atomic mass is 16.3. The smallest absolute Gasteiger partial charge is 0.220 e. The average molecular weight is 187 g/mol. The van der Waals surface area contributed by atoms with Gasteiger partial charge in [0.05, 0.1) is 5.69 Å². The molecule has 0 saturated carbocycles. The molecule has 0 aliphatic heterocycles. The van der Waals surface area contributed by atoms with E-state index in [1.54, 1.807) is 36.5 Å². The summed E-state index contributed by atoms with van der Waals surface area (Å²) in [5.74, 6) is 0.478. The lowest BCUT2D eigenvalue weighted by atomic mass is 10.1. The largest absolute Gasteiger partial charge is 0.508 e. The van der Waals surface area contributed by atoms with Crippen molar-refractivity contribution in [2.75, 3.05) is 5.73 Å². The van der Waals surface area contributed by atoms with E-state index in [1.165, 1.54) is 0 Å². The highest BCUT2D eigenvalue weighted by Crippen LogP contribution is 2.19. The lowest BCUT2D eigenvalue weighted by molar-refractivity contribution is 0.475. The quantitative estimate of drug-likeness (QED) is 0.708. The van der Waals surface area contributed by atoms with Gasteiger partial charge in [-0.1, -0.05) is 0 Å². The SMILES string of the molecule is Nc1nccc(-c2ccc(O)cc2)n1. The molecule has 2 rings (SSSR count). The lowest BCUT2D eigenvalue weighted by Gasteiger charge is -2.00. The number of nitrogens with zero attached hydrogens (tertiary/aromatic N) is 2. The first-order valence-corrected chi connectivity index (χ1v) is 4.13. The van der Waals surface area contributed by atoms with Crippen LogP contribution in [0.25, 0.3) is 11.3 Å². The average Bonchev–Trinajstić information content (AvgIpc) is 2.19. The summed E-state index contributed by atoms with van der Waals surface area (Å²) < 4.78 is 0. The zero-order valence-corrected chi connectivity index (χ0v) is 7.38. The van der Waals surface area contributed by atoms with Crippen LogP contribution < -0.4 is 5.73 Å². The fraction of sp³-hybridized carbons (Fsp3) is 0. The third-order valence-electron chi connectivity index (χ3n) is 1.84. The molecule has 1 aromatic heterocycles. The summed E-state index contributed by atoms with van der Waals surface area (Å²) in [5, 5.41) is 9.10. The summed E-state index contributed by atoms with van der Waals surface area (Å²) in [6, 6.07) is 8.53. The molecule has 0 amide bonds. The first-order chi connectivity index (χ1) is 6.75. The van der Waals surface area contributed by atoms with Crippen LogP contribution in [0.15, 0.2) is 36.5 Å². The van der Waals surface area contributed by atoms with Gasteiger partial charge in [-0.05, 0) is 30.3 Å². The van der Waals surface area contributed by atoms with Crippen molar-refractivity contribution < 1.29 is 5.11 Å². The van der Waals surface area contributed by atoms with E-state index in [9.17, 15) is 0 Å². The van der Waals surface area contributed by atoms with Crippen LogP contribution in [0.5, 0.6) is 5.75 Å². The van der Waals surface area contributed by atoms with E-state index in [2.05, 4.69) is 9.97 Å². The van der Waals surface area contributed by atoms with Gasteiger partial charge >= 0.3 is 0 Å². The molecule has 0 saturated heterocycles. The van der Waals surface area contributed by atoms with Crippen LogP contribution in [0.3, 0.4) is 0 Å². The van der Waals surface area contributed by atoms with Crippen LogP contribution in [0.4, 0.5) is 5.95 Å². The summed E-state index contributed by atoms with van der Waals surface area (Å²) in [6.07, 6.45) is 1.60. The molecular weight excluding hydrogens is 178 g/mol. The Morgan fingerprint density at radius 3 is 2.43 bits per heavy atom. The van der Waals surface area contributed by atoms with E-state index >= 15 is 0 Å². The zero-order valence-electron chi connectivity index (χ0n) is 7.38. The van der Waals surface area contributed by atoms with E-state index in [4.69, 9.17) is 10.8 Å². The highest BCUT2D eigenvalue weighted by molar-refractivity contribution is 5.60. The number of aromatic nitrogens is 2. The molecule has 0 bridgehead atoms. The molecule has 14 heavy (non-hydrogen) atoms. The molecule has 3 N–H and O–H groups in total. The van der Waals surface area contributed by atoms with Crippen molar-refractivity contribution in [1.82, 2.24) is 9.97 Å². The Morgan fingerprint density at radius 2 is 1.79 bits per heavy atom. The van der Waals surface area contributed by atoms with E-state index in [0.717, 1.165) is 11.3 Å². The number of anilines is 1. The van der Waals surface area contributed by atoms with Crippen LogP contribution in [0.1, 0.15) is 0 Å². The Labute approximate surface area is 81.1 Å². The summed E-state index contributed by atoms with van der Waals surface area (Å²) in [4.78, 5) is 7.86. The molecule has 1 heterocycles. The highest BCUT2D eigenvalue weighted by Gasteiger charge is 1.99. The molecule has 1 aromatic carbocycles. The number of benzene rings is 1. The minimum Gasteiger partial charge on any atom is -0.508 e. The molecule has 4 nitrogen and oxygen atoms in total. The van der Waals surface area contributed by atoms with Crippen molar-refractivity contribution in [1.29, 1.82) is 0 Å². The van der Waals surface area contributed by atoms with Gasteiger partial charge in [0.25, 0.3) is 0 Å². The van der Waals surface area contributed by atoms with Crippen LogP contribution >= 0.6 is 0 Å². The van der Waals surface area contributed by atoms with Crippen molar-refractivity contribution in [3.63, 3.8) is 0 Å². The number of aromatic hydroxyl groups is 1. The molecule has 0 aliphatic carbocycles. The second-order valence-electron chi connectivity index (χ2n) is 2.85. The van der Waals surface area contributed by atoms with Crippen LogP contribution in [0, 0.1) is 0 Å². The summed E-state index contributed by atoms with van der Waals surface area (Å²) in [6.45, 7) is 0. The third-order valence-corrected chi connectivity index (χ3v) is 1.84. The molecule has 0 unspecified atom stereocenters. The maximum absolute atomic E-state index is 9.10. The lowest BCUT2D eigenvalue weighted by Crippen LogP contribution is -1.94. The molecule has 0 atom stereocenters. The van der Waals surface area contributed by atoms with Gasteiger partial charge in [0.2, 0.25) is 5.95 Å². The normalized spacial score (nSPS) is 10.0. The number of nitrogen functional groups attached to an aromatic ring is 1. The Hall–Kier alpha value is -2.10. The molecule has 0 radical (unpaired) electrons. The summed E-state index contributed by atoms with van der Waals surface area (Å²) >= 11 is 0. The van der Waals surface area contributed by atoms with E-state index in [-0.39, 0.29) is 11.7 Å². The first-order valence-electron chi connectivity index (χ1n) is 4.13.